The molecule has 1 amide bonds. The fourth-order valence-electron chi connectivity index (χ4n) is 3.16. The Hall–Kier alpha value is -4.05. The first-order valence-electron chi connectivity index (χ1n) is 9.12. The number of rotatable bonds is 6. The number of nitro groups is 1. The molecule has 0 fully saturated rings. The quantitative estimate of drug-likeness (QED) is 0.364. The zero-order valence-corrected chi connectivity index (χ0v) is 17.1. The van der Waals surface area contributed by atoms with Crippen molar-refractivity contribution in [2.24, 2.45) is 0 Å². The standard InChI is InChI=1S/C21H16N4O5S/c1-30-17-8-7-14(25(28)29)9-16(17)23-18(26)10-24-12-22-20-19(21(24)27)15(11-31-20)13-5-3-2-4-6-13/h2-9,11-12H,10H2,1H3,(H,23,26). The Balaban J connectivity index is 1.64. The molecule has 0 aliphatic rings. The van der Waals surface area contributed by atoms with E-state index in [9.17, 15) is 19.7 Å². The number of methoxy groups -OCH3 is 1. The number of nitro benzene ring substituents is 1. The maximum Gasteiger partial charge on any atom is 0.271 e. The number of thiophene rings is 1. The topological polar surface area (TPSA) is 116 Å². The number of nitrogens with one attached hydrogen (secondary N) is 1. The molecule has 10 heteroatoms. The first-order valence-corrected chi connectivity index (χ1v) is 10.00. The molecule has 0 saturated carbocycles. The van der Waals surface area contributed by atoms with E-state index in [0.29, 0.717) is 10.2 Å². The van der Waals surface area contributed by atoms with Crippen molar-refractivity contribution in [3.63, 3.8) is 0 Å². The van der Waals surface area contributed by atoms with Gasteiger partial charge in [-0.3, -0.25) is 24.3 Å². The molecular formula is C21H16N4O5S. The fraction of sp³-hybridized carbons (Fsp3) is 0.0952. The van der Waals surface area contributed by atoms with E-state index in [1.807, 2.05) is 35.7 Å². The average Bonchev–Trinajstić information content (AvgIpc) is 3.21. The molecule has 4 rings (SSSR count). The van der Waals surface area contributed by atoms with Crippen molar-refractivity contribution in [1.82, 2.24) is 9.55 Å². The van der Waals surface area contributed by atoms with Crippen LogP contribution < -0.4 is 15.6 Å². The maximum atomic E-state index is 13.1. The number of hydrogen-bond donors (Lipinski definition) is 1. The molecule has 156 valence electrons. The predicted octanol–water partition coefficient (Wildman–Crippen LogP) is 3.68. The zero-order chi connectivity index (χ0) is 22.0. The Morgan fingerprint density at radius 1 is 1.26 bits per heavy atom. The highest BCUT2D eigenvalue weighted by molar-refractivity contribution is 7.17. The highest BCUT2D eigenvalue weighted by Gasteiger charge is 2.17. The summed E-state index contributed by atoms with van der Waals surface area (Å²) in [6, 6.07) is 13.3. The van der Waals surface area contributed by atoms with Gasteiger partial charge in [-0.05, 0) is 11.6 Å². The molecule has 2 aromatic heterocycles. The Bertz CT molecular complexity index is 1350. The molecule has 1 N–H and O–H groups in total. The number of anilines is 1. The molecule has 31 heavy (non-hydrogen) atoms. The lowest BCUT2D eigenvalue weighted by Gasteiger charge is -2.11. The van der Waals surface area contributed by atoms with Gasteiger partial charge in [0.1, 0.15) is 17.1 Å². The number of carbonyl (C=O) groups is 1. The fourth-order valence-corrected chi connectivity index (χ4v) is 4.07. The summed E-state index contributed by atoms with van der Waals surface area (Å²) in [7, 11) is 1.39. The van der Waals surface area contributed by atoms with Crippen LogP contribution >= 0.6 is 11.3 Å². The lowest BCUT2D eigenvalue weighted by Crippen LogP contribution is -2.28. The van der Waals surface area contributed by atoms with Crippen molar-refractivity contribution >= 4 is 38.8 Å². The van der Waals surface area contributed by atoms with Crippen LogP contribution in [0.1, 0.15) is 0 Å². The molecule has 9 nitrogen and oxygen atoms in total. The summed E-state index contributed by atoms with van der Waals surface area (Å²) >= 11 is 1.36. The second-order valence-corrected chi connectivity index (χ2v) is 7.42. The molecule has 0 spiro atoms. The predicted molar refractivity (Wildman–Crippen MR) is 118 cm³/mol. The number of benzene rings is 2. The Morgan fingerprint density at radius 2 is 2.03 bits per heavy atom. The summed E-state index contributed by atoms with van der Waals surface area (Å²) in [6.45, 7) is -0.308. The summed E-state index contributed by atoms with van der Waals surface area (Å²) in [5, 5.41) is 15.9. The van der Waals surface area contributed by atoms with Crippen molar-refractivity contribution in [3.05, 3.63) is 80.7 Å². The van der Waals surface area contributed by atoms with Crippen LogP contribution in [0.4, 0.5) is 11.4 Å². The van der Waals surface area contributed by atoms with E-state index in [0.717, 1.165) is 11.1 Å². The molecule has 0 aliphatic heterocycles. The van der Waals surface area contributed by atoms with Gasteiger partial charge in [0.2, 0.25) is 5.91 Å². The van der Waals surface area contributed by atoms with E-state index < -0.39 is 10.8 Å². The van der Waals surface area contributed by atoms with Gasteiger partial charge in [-0.25, -0.2) is 4.98 Å². The van der Waals surface area contributed by atoms with Crippen LogP contribution in [0.3, 0.4) is 0 Å². The number of hydrogen-bond acceptors (Lipinski definition) is 7. The summed E-state index contributed by atoms with van der Waals surface area (Å²) < 4.78 is 6.36. The third-order valence-electron chi connectivity index (χ3n) is 4.63. The molecule has 0 saturated heterocycles. The summed E-state index contributed by atoms with van der Waals surface area (Å²) in [6.07, 6.45) is 1.32. The Morgan fingerprint density at radius 3 is 2.74 bits per heavy atom. The third kappa shape index (κ3) is 4.01. The minimum absolute atomic E-state index is 0.143. The summed E-state index contributed by atoms with van der Waals surface area (Å²) in [5.41, 5.74) is 1.25. The van der Waals surface area contributed by atoms with Crippen LogP contribution in [-0.2, 0) is 11.3 Å². The van der Waals surface area contributed by atoms with Crippen molar-refractivity contribution in [1.29, 1.82) is 0 Å². The number of ether oxygens (including phenoxy) is 1. The second-order valence-electron chi connectivity index (χ2n) is 6.56. The number of nitrogens with zero attached hydrogens (tertiary/aromatic N) is 3. The second kappa shape index (κ2) is 8.36. The third-order valence-corrected chi connectivity index (χ3v) is 5.51. The van der Waals surface area contributed by atoms with Gasteiger partial charge in [-0.2, -0.15) is 0 Å². The maximum absolute atomic E-state index is 13.1. The normalized spacial score (nSPS) is 10.7. The number of carbonyl (C=O) groups excluding carboxylic acids is 1. The molecule has 0 bridgehead atoms. The lowest BCUT2D eigenvalue weighted by atomic mass is 10.1. The van der Waals surface area contributed by atoms with Gasteiger partial charge in [0, 0.05) is 23.1 Å². The first kappa shape index (κ1) is 20.2. The van der Waals surface area contributed by atoms with Crippen LogP contribution in [0.5, 0.6) is 5.75 Å². The monoisotopic (exact) mass is 436 g/mol. The van der Waals surface area contributed by atoms with Gasteiger partial charge < -0.3 is 10.1 Å². The van der Waals surface area contributed by atoms with Gasteiger partial charge in [0.25, 0.3) is 11.2 Å². The molecule has 0 unspecified atom stereocenters. The molecule has 0 aliphatic carbocycles. The van der Waals surface area contributed by atoms with Gasteiger partial charge in [-0.1, -0.05) is 30.3 Å². The molecule has 0 atom stereocenters. The van der Waals surface area contributed by atoms with Gasteiger partial charge >= 0.3 is 0 Å². The van der Waals surface area contributed by atoms with Crippen LogP contribution in [-0.4, -0.2) is 27.5 Å². The van der Waals surface area contributed by atoms with Crippen LogP contribution in [0, 0.1) is 10.1 Å². The summed E-state index contributed by atoms with van der Waals surface area (Å²) in [5.74, 6) is -0.275. The minimum Gasteiger partial charge on any atom is -0.495 e. The minimum atomic E-state index is -0.570. The van der Waals surface area contributed by atoms with Crippen LogP contribution in [0.15, 0.2) is 65.0 Å². The first-order chi connectivity index (χ1) is 15.0. The highest BCUT2D eigenvalue weighted by atomic mass is 32.1. The van der Waals surface area contributed by atoms with E-state index in [2.05, 4.69) is 10.3 Å². The number of amides is 1. The van der Waals surface area contributed by atoms with Crippen molar-refractivity contribution in [3.8, 4) is 16.9 Å². The summed E-state index contributed by atoms with van der Waals surface area (Å²) in [4.78, 5) is 41.0. The largest absolute Gasteiger partial charge is 0.495 e. The smallest absolute Gasteiger partial charge is 0.271 e. The van der Waals surface area contributed by atoms with E-state index >= 15 is 0 Å². The number of aromatic nitrogens is 2. The SMILES string of the molecule is COc1ccc([N+](=O)[O-])cc1NC(=O)Cn1cnc2scc(-c3ccccc3)c2c1=O. The average molecular weight is 436 g/mol. The molecule has 0 radical (unpaired) electrons. The van der Waals surface area contributed by atoms with Crippen LogP contribution in [0.25, 0.3) is 21.3 Å². The number of non-ortho nitro benzene ring substituents is 1. The van der Waals surface area contributed by atoms with Crippen molar-refractivity contribution in [2.45, 2.75) is 6.54 Å². The van der Waals surface area contributed by atoms with Crippen LogP contribution in [0.2, 0.25) is 0 Å². The lowest BCUT2D eigenvalue weighted by molar-refractivity contribution is -0.384. The van der Waals surface area contributed by atoms with Crippen molar-refractivity contribution < 1.29 is 14.5 Å². The van der Waals surface area contributed by atoms with E-state index in [1.54, 1.807) is 0 Å². The van der Waals surface area contributed by atoms with Gasteiger partial charge in [0.15, 0.2) is 0 Å². The van der Waals surface area contributed by atoms with E-state index in [4.69, 9.17) is 4.74 Å². The van der Waals surface area contributed by atoms with E-state index in [1.165, 1.54) is 47.5 Å². The Labute approximate surface area is 179 Å². The van der Waals surface area contributed by atoms with Gasteiger partial charge in [-0.15, -0.1) is 11.3 Å². The zero-order valence-electron chi connectivity index (χ0n) is 16.3. The number of fused-ring (bicyclic) bond motifs is 1. The van der Waals surface area contributed by atoms with E-state index in [-0.39, 0.29) is 29.2 Å². The highest BCUT2D eigenvalue weighted by Crippen LogP contribution is 2.31. The Kier molecular flexibility index (Phi) is 5.46. The molecule has 2 aromatic carbocycles. The molecule has 4 aromatic rings. The molecular weight excluding hydrogens is 420 g/mol. The molecule has 2 heterocycles. The van der Waals surface area contributed by atoms with Gasteiger partial charge in [0.05, 0.1) is 29.4 Å². The van der Waals surface area contributed by atoms with Crippen molar-refractivity contribution in [2.75, 3.05) is 12.4 Å².